The van der Waals surface area contributed by atoms with Gasteiger partial charge in [0.25, 0.3) is 0 Å². The van der Waals surface area contributed by atoms with Gasteiger partial charge < -0.3 is 10.2 Å². The highest BCUT2D eigenvalue weighted by atomic mass is 16.3. The molecule has 0 aromatic rings. The lowest BCUT2D eigenvalue weighted by molar-refractivity contribution is 0.0853. The van der Waals surface area contributed by atoms with Gasteiger partial charge >= 0.3 is 0 Å². The van der Waals surface area contributed by atoms with Crippen LogP contribution in [0.25, 0.3) is 0 Å². The lowest BCUT2D eigenvalue weighted by Crippen LogP contribution is -2.11. The van der Waals surface area contributed by atoms with Crippen molar-refractivity contribution in [2.75, 3.05) is 6.61 Å². The van der Waals surface area contributed by atoms with Crippen LogP contribution in [0.2, 0.25) is 0 Å². The van der Waals surface area contributed by atoms with Gasteiger partial charge in [-0.15, -0.1) is 0 Å². The Morgan fingerprint density at radius 3 is 2.20 bits per heavy atom. The van der Waals surface area contributed by atoms with Gasteiger partial charge in [-0.2, -0.15) is 0 Å². The molecule has 62 valence electrons. The fourth-order valence-electron chi connectivity index (χ4n) is 0.853. The van der Waals surface area contributed by atoms with Crippen LogP contribution in [0.4, 0.5) is 0 Å². The van der Waals surface area contributed by atoms with Crippen molar-refractivity contribution in [3.63, 3.8) is 0 Å². The van der Waals surface area contributed by atoms with Gasteiger partial charge in [0.05, 0.1) is 12.7 Å². The molecule has 0 aliphatic rings. The molecule has 0 spiro atoms. The molecule has 0 rings (SSSR count). The molecule has 0 aromatic carbocycles. The maximum absolute atomic E-state index is 8.92. The van der Waals surface area contributed by atoms with E-state index in [1.165, 1.54) is 0 Å². The van der Waals surface area contributed by atoms with E-state index in [1.54, 1.807) is 0 Å². The normalized spacial score (nSPS) is 14.1. The third-order valence-corrected chi connectivity index (χ3v) is 1.53. The van der Waals surface area contributed by atoms with Crippen LogP contribution in [0.3, 0.4) is 0 Å². The van der Waals surface area contributed by atoms with Crippen LogP contribution in [0.1, 0.15) is 33.1 Å². The van der Waals surface area contributed by atoms with Crippen molar-refractivity contribution in [1.29, 1.82) is 0 Å². The molecular formula is C8H18O2. The van der Waals surface area contributed by atoms with Gasteiger partial charge in [0, 0.05) is 0 Å². The van der Waals surface area contributed by atoms with Crippen LogP contribution in [0.15, 0.2) is 0 Å². The van der Waals surface area contributed by atoms with E-state index in [4.69, 9.17) is 10.2 Å². The molecule has 0 fully saturated rings. The van der Waals surface area contributed by atoms with Crippen LogP contribution in [-0.4, -0.2) is 22.9 Å². The first-order chi connectivity index (χ1) is 4.66. The minimum atomic E-state index is -0.501. The predicted molar refractivity (Wildman–Crippen MR) is 41.8 cm³/mol. The van der Waals surface area contributed by atoms with Crippen molar-refractivity contribution in [2.24, 2.45) is 5.92 Å². The molecule has 0 bridgehead atoms. The van der Waals surface area contributed by atoms with Crippen molar-refractivity contribution in [1.82, 2.24) is 0 Å². The molecule has 0 aromatic heterocycles. The number of hydrogen-bond donors (Lipinski definition) is 2. The SMILES string of the molecule is CC(C)CCCC(O)CO. The minimum Gasteiger partial charge on any atom is -0.394 e. The Balaban J connectivity index is 3.03. The zero-order valence-corrected chi connectivity index (χ0v) is 6.88. The van der Waals surface area contributed by atoms with Crippen LogP contribution < -0.4 is 0 Å². The Kier molecular flexibility index (Phi) is 5.64. The molecule has 2 N–H and O–H groups in total. The standard InChI is InChI=1S/C8H18O2/c1-7(2)4-3-5-8(10)6-9/h7-10H,3-6H2,1-2H3. The van der Waals surface area contributed by atoms with E-state index in [9.17, 15) is 0 Å². The molecule has 0 amide bonds. The van der Waals surface area contributed by atoms with Crippen molar-refractivity contribution in [3.8, 4) is 0 Å². The number of rotatable bonds is 5. The van der Waals surface area contributed by atoms with E-state index in [-0.39, 0.29) is 6.61 Å². The van der Waals surface area contributed by atoms with Gasteiger partial charge in [-0.3, -0.25) is 0 Å². The van der Waals surface area contributed by atoms with E-state index < -0.39 is 6.10 Å². The maximum atomic E-state index is 8.92. The van der Waals surface area contributed by atoms with Crippen LogP contribution in [-0.2, 0) is 0 Å². The molecule has 1 atom stereocenters. The van der Waals surface area contributed by atoms with Crippen molar-refractivity contribution in [3.05, 3.63) is 0 Å². The largest absolute Gasteiger partial charge is 0.394 e. The Hall–Kier alpha value is -0.0800. The van der Waals surface area contributed by atoms with Crippen LogP contribution >= 0.6 is 0 Å². The average Bonchev–Trinajstić information content (AvgIpc) is 1.87. The monoisotopic (exact) mass is 146 g/mol. The lowest BCUT2D eigenvalue weighted by Gasteiger charge is -2.07. The second-order valence-corrected chi connectivity index (χ2v) is 3.16. The Morgan fingerprint density at radius 2 is 1.80 bits per heavy atom. The van der Waals surface area contributed by atoms with Gasteiger partial charge in [0.15, 0.2) is 0 Å². The highest BCUT2D eigenvalue weighted by Gasteiger charge is 2.01. The first-order valence-electron chi connectivity index (χ1n) is 3.95. The van der Waals surface area contributed by atoms with Gasteiger partial charge in [-0.05, 0) is 12.3 Å². The average molecular weight is 146 g/mol. The summed E-state index contributed by atoms with van der Waals surface area (Å²) in [6, 6.07) is 0. The number of aliphatic hydroxyl groups is 2. The molecule has 0 radical (unpaired) electrons. The smallest absolute Gasteiger partial charge is 0.0770 e. The summed E-state index contributed by atoms with van der Waals surface area (Å²) < 4.78 is 0. The number of aliphatic hydroxyl groups excluding tert-OH is 2. The molecule has 0 heterocycles. The summed E-state index contributed by atoms with van der Waals surface area (Å²) in [7, 11) is 0. The van der Waals surface area contributed by atoms with Crippen molar-refractivity contribution >= 4 is 0 Å². The van der Waals surface area contributed by atoms with Gasteiger partial charge in [-0.1, -0.05) is 26.7 Å². The highest BCUT2D eigenvalue weighted by molar-refractivity contribution is 4.54. The Labute approximate surface area is 62.9 Å². The third kappa shape index (κ3) is 6.05. The van der Waals surface area contributed by atoms with Crippen LogP contribution in [0.5, 0.6) is 0 Å². The highest BCUT2D eigenvalue weighted by Crippen LogP contribution is 2.07. The second kappa shape index (κ2) is 5.69. The molecule has 2 nitrogen and oxygen atoms in total. The summed E-state index contributed by atoms with van der Waals surface area (Å²) in [5.41, 5.74) is 0. The summed E-state index contributed by atoms with van der Waals surface area (Å²) >= 11 is 0. The summed E-state index contributed by atoms with van der Waals surface area (Å²) in [6.07, 6.45) is 2.38. The van der Waals surface area contributed by atoms with E-state index in [1.807, 2.05) is 0 Å². The fraction of sp³-hybridized carbons (Fsp3) is 1.00. The van der Waals surface area contributed by atoms with E-state index >= 15 is 0 Å². The molecule has 10 heavy (non-hydrogen) atoms. The molecule has 2 heteroatoms. The maximum Gasteiger partial charge on any atom is 0.0770 e. The fourth-order valence-corrected chi connectivity index (χ4v) is 0.853. The van der Waals surface area contributed by atoms with E-state index in [0.717, 1.165) is 19.3 Å². The zero-order chi connectivity index (χ0) is 7.98. The summed E-state index contributed by atoms with van der Waals surface area (Å²) in [5, 5.41) is 17.4. The molecule has 0 aliphatic carbocycles. The molecular weight excluding hydrogens is 128 g/mol. The van der Waals surface area contributed by atoms with Crippen LogP contribution in [0, 0.1) is 5.92 Å². The summed E-state index contributed by atoms with van der Waals surface area (Å²) in [4.78, 5) is 0. The van der Waals surface area contributed by atoms with E-state index in [2.05, 4.69) is 13.8 Å². The van der Waals surface area contributed by atoms with Gasteiger partial charge in [-0.25, -0.2) is 0 Å². The quantitative estimate of drug-likeness (QED) is 0.611. The summed E-state index contributed by atoms with van der Waals surface area (Å²) in [6.45, 7) is 4.22. The molecule has 1 unspecified atom stereocenters. The minimum absolute atomic E-state index is 0.0991. The lowest BCUT2D eigenvalue weighted by atomic mass is 10.0. The Bertz CT molecular complexity index is 71.7. The third-order valence-electron chi connectivity index (χ3n) is 1.53. The second-order valence-electron chi connectivity index (χ2n) is 3.16. The predicted octanol–water partition coefficient (Wildman–Crippen LogP) is 1.17. The first kappa shape index (κ1) is 9.92. The van der Waals surface area contributed by atoms with Gasteiger partial charge in [0.2, 0.25) is 0 Å². The molecule has 0 saturated carbocycles. The number of hydrogen-bond acceptors (Lipinski definition) is 2. The summed E-state index contributed by atoms with van der Waals surface area (Å²) in [5.74, 6) is 0.700. The van der Waals surface area contributed by atoms with Crippen molar-refractivity contribution < 1.29 is 10.2 Å². The van der Waals surface area contributed by atoms with Gasteiger partial charge in [0.1, 0.15) is 0 Å². The van der Waals surface area contributed by atoms with Crippen molar-refractivity contribution in [2.45, 2.75) is 39.2 Å². The first-order valence-corrected chi connectivity index (χ1v) is 3.95. The van der Waals surface area contributed by atoms with E-state index in [0.29, 0.717) is 5.92 Å². The topological polar surface area (TPSA) is 40.5 Å². The zero-order valence-electron chi connectivity index (χ0n) is 6.88. The molecule has 0 aliphatic heterocycles. The Morgan fingerprint density at radius 1 is 1.20 bits per heavy atom. The molecule has 0 saturated heterocycles.